The van der Waals surface area contributed by atoms with E-state index in [1.807, 2.05) is 13.8 Å². The molecule has 0 aliphatic rings. The fourth-order valence-electron chi connectivity index (χ4n) is 1.32. The van der Waals surface area contributed by atoms with Crippen LogP contribution in [0.3, 0.4) is 0 Å². The predicted molar refractivity (Wildman–Crippen MR) is 96.6 cm³/mol. The lowest BCUT2D eigenvalue weighted by atomic mass is 10.1. The molecule has 0 nitrogen and oxygen atoms in total. The molecule has 0 saturated carbocycles. The number of hydrogen-bond acceptors (Lipinski definition) is 0. The number of benzene rings is 2. The molecule has 1 atom stereocenters. The highest BCUT2D eigenvalue weighted by Gasteiger charge is 1.92. The maximum absolute atomic E-state index is 3.44. The summed E-state index contributed by atoms with van der Waals surface area (Å²) >= 11 is 6.82. The van der Waals surface area contributed by atoms with Crippen molar-refractivity contribution in [1.29, 1.82) is 0 Å². The molecule has 0 aliphatic heterocycles. The van der Waals surface area contributed by atoms with Gasteiger partial charge in [0.15, 0.2) is 0 Å². The van der Waals surface area contributed by atoms with Crippen molar-refractivity contribution in [2.24, 2.45) is 0 Å². The monoisotopic (exact) mass is 386 g/mol. The number of fused-ring (bicyclic) bond motifs is 1. The van der Waals surface area contributed by atoms with E-state index in [0.29, 0.717) is 4.83 Å². The van der Waals surface area contributed by atoms with Crippen molar-refractivity contribution in [1.82, 2.24) is 0 Å². The van der Waals surface area contributed by atoms with Gasteiger partial charge in [0.1, 0.15) is 0 Å². The summed E-state index contributed by atoms with van der Waals surface area (Å²) in [5, 5.41) is 3.55. The molecular formula is C17H24Br2. The number of halogens is 2. The zero-order valence-corrected chi connectivity index (χ0v) is 15.5. The number of alkyl halides is 2. The molecule has 2 rings (SSSR count). The third kappa shape index (κ3) is 7.74. The van der Waals surface area contributed by atoms with Gasteiger partial charge in [-0.15, -0.1) is 0 Å². The molecule has 2 aromatic rings. The molecule has 2 aromatic carbocycles. The van der Waals surface area contributed by atoms with Gasteiger partial charge in [-0.1, -0.05) is 102 Å². The molecule has 0 aliphatic carbocycles. The van der Waals surface area contributed by atoms with Gasteiger partial charge in [-0.3, -0.25) is 0 Å². The molecule has 0 spiro atoms. The summed E-state index contributed by atoms with van der Waals surface area (Å²) in [6.45, 7) is 8.29. The highest BCUT2D eigenvalue weighted by atomic mass is 79.9. The lowest BCUT2D eigenvalue weighted by Gasteiger charge is -1.98. The van der Waals surface area contributed by atoms with Crippen molar-refractivity contribution >= 4 is 42.6 Å². The summed E-state index contributed by atoms with van der Waals surface area (Å²) < 4.78 is 0. The van der Waals surface area contributed by atoms with Gasteiger partial charge in [0.05, 0.1) is 0 Å². The van der Waals surface area contributed by atoms with E-state index in [0.717, 1.165) is 5.33 Å². The Kier molecular flexibility index (Phi) is 11.3. The van der Waals surface area contributed by atoms with Crippen LogP contribution in [0.4, 0.5) is 0 Å². The minimum atomic E-state index is 0.697. The minimum Gasteiger partial charge on any atom is -0.0894 e. The van der Waals surface area contributed by atoms with Crippen LogP contribution in [0.2, 0.25) is 0 Å². The van der Waals surface area contributed by atoms with E-state index in [-0.39, 0.29) is 0 Å². The third-order valence-corrected chi connectivity index (χ3v) is 3.83. The third-order valence-electron chi connectivity index (χ3n) is 2.53. The van der Waals surface area contributed by atoms with E-state index >= 15 is 0 Å². The van der Waals surface area contributed by atoms with Gasteiger partial charge in [0, 0.05) is 10.2 Å². The van der Waals surface area contributed by atoms with Gasteiger partial charge < -0.3 is 0 Å². The molecule has 0 aromatic heterocycles. The predicted octanol–water partition coefficient (Wildman–Crippen LogP) is 6.94. The Morgan fingerprint density at radius 3 is 2.00 bits per heavy atom. The van der Waals surface area contributed by atoms with Crippen LogP contribution in [0.1, 0.15) is 39.7 Å². The van der Waals surface area contributed by atoms with Gasteiger partial charge in [-0.25, -0.2) is 0 Å². The van der Waals surface area contributed by atoms with Crippen LogP contribution in [-0.2, 0) is 5.33 Å². The standard InChI is InChI=1S/C11H9Br.C4H9Br.C2H6/c12-8-9-5-6-10-3-1-2-4-11(10)7-9;1-3-4(2)5;1-2/h1-7H,8H2;4H,3H2,1-2H3;1-2H3. The van der Waals surface area contributed by atoms with E-state index in [1.54, 1.807) is 0 Å². The summed E-state index contributed by atoms with van der Waals surface area (Å²) in [4.78, 5) is 0.697. The topological polar surface area (TPSA) is 0 Å². The summed E-state index contributed by atoms with van der Waals surface area (Å²) in [6.07, 6.45) is 1.22. The fraction of sp³-hybridized carbons (Fsp3) is 0.412. The first-order valence-corrected chi connectivity index (χ1v) is 8.88. The van der Waals surface area contributed by atoms with Gasteiger partial charge in [0.25, 0.3) is 0 Å². The Morgan fingerprint density at radius 1 is 1.00 bits per heavy atom. The molecule has 0 bridgehead atoms. The van der Waals surface area contributed by atoms with Crippen LogP contribution in [0.15, 0.2) is 42.5 Å². The first kappa shape index (κ1) is 18.7. The highest BCUT2D eigenvalue weighted by molar-refractivity contribution is 9.09. The van der Waals surface area contributed by atoms with Crippen LogP contribution in [-0.4, -0.2) is 4.83 Å². The second-order valence-corrected chi connectivity index (χ2v) is 6.13. The van der Waals surface area contributed by atoms with Gasteiger partial charge >= 0.3 is 0 Å². The van der Waals surface area contributed by atoms with Crippen molar-refractivity contribution in [3.8, 4) is 0 Å². The molecule has 0 fully saturated rings. The van der Waals surface area contributed by atoms with Crippen LogP contribution in [0.5, 0.6) is 0 Å². The van der Waals surface area contributed by atoms with Gasteiger partial charge in [-0.2, -0.15) is 0 Å². The Labute approximate surface area is 134 Å². The second-order valence-electron chi connectivity index (χ2n) is 4.00. The normalized spacial score (nSPS) is 10.8. The van der Waals surface area contributed by atoms with Crippen molar-refractivity contribution in [2.45, 2.75) is 44.3 Å². The van der Waals surface area contributed by atoms with Crippen LogP contribution >= 0.6 is 31.9 Å². The summed E-state index contributed by atoms with van der Waals surface area (Å²) in [5.74, 6) is 0. The molecule has 19 heavy (non-hydrogen) atoms. The fourth-order valence-corrected chi connectivity index (χ4v) is 1.67. The maximum atomic E-state index is 3.44. The lowest BCUT2D eigenvalue weighted by Crippen LogP contribution is -1.80. The Morgan fingerprint density at radius 2 is 1.53 bits per heavy atom. The van der Waals surface area contributed by atoms with E-state index in [9.17, 15) is 0 Å². The Bertz CT molecular complexity index is 450. The second kappa shape index (κ2) is 11.5. The first-order chi connectivity index (χ1) is 9.17. The molecule has 0 amide bonds. The maximum Gasteiger partial charge on any atom is 0.0283 e. The number of rotatable bonds is 2. The molecule has 106 valence electrons. The average Bonchev–Trinajstić information content (AvgIpc) is 2.49. The quantitative estimate of drug-likeness (QED) is 0.489. The molecule has 0 N–H and O–H groups in total. The molecule has 2 heteroatoms. The highest BCUT2D eigenvalue weighted by Crippen LogP contribution is 2.16. The molecule has 0 saturated heterocycles. The molecular weight excluding hydrogens is 364 g/mol. The lowest BCUT2D eigenvalue weighted by molar-refractivity contribution is 0.922. The van der Waals surface area contributed by atoms with Crippen LogP contribution in [0.25, 0.3) is 10.8 Å². The Balaban J connectivity index is 0.000000396. The van der Waals surface area contributed by atoms with E-state index in [1.165, 1.54) is 22.8 Å². The largest absolute Gasteiger partial charge is 0.0894 e. The zero-order chi connectivity index (χ0) is 14.7. The van der Waals surface area contributed by atoms with E-state index in [2.05, 4.69) is 88.2 Å². The molecule has 0 heterocycles. The van der Waals surface area contributed by atoms with Crippen molar-refractivity contribution in [3.63, 3.8) is 0 Å². The van der Waals surface area contributed by atoms with Gasteiger partial charge in [-0.05, 0) is 22.8 Å². The van der Waals surface area contributed by atoms with E-state index < -0.39 is 0 Å². The summed E-state index contributed by atoms with van der Waals surface area (Å²) in [5.41, 5.74) is 1.33. The molecule has 1 unspecified atom stereocenters. The van der Waals surface area contributed by atoms with Crippen molar-refractivity contribution in [2.75, 3.05) is 0 Å². The van der Waals surface area contributed by atoms with Crippen LogP contribution in [0, 0.1) is 0 Å². The Hall–Kier alpha value is -0.340. The summed E-state index contributed by atoms with van der Waals surface area (Å²) in [6, 6.07) is 14.9. The first-order valence-electron chi connectivity index (χ1n) is 6.85. The van der Waals surface area contributed by atoms with Crippen molar-refractivity contribution < 1.29 is 0 Å². The van der Waals surface area contributed by atoms with Crippen LogP contribution < -0.4 is 0 Å². The minimum absolute atomic E-state index is 0.697. The average molecular weight is 388 g/mol. The molecule has 0 radical (unpaired) electrons. The zero-order valence-electron chi connectivity index (χ0n) is 12.3. The smallest absolute Gasteiger partial charge is 0.0283 e. The summed E-state index contributed by atoms with van der Waals surface area (Å²) in [7, 11) is 0. The van der Waals surface area contributed by atoms with E-state index in [4.69, 9.17) is 0 Å². The van der Waals surface area contributed by atoms with Gasteiger partial charge in [0.2, 0.25) is 0 Å². The van der Waals surface area contributed by atoms with Crippen molar-refractivity contribution in [3.05, 3.63) is 48.0 Å². The number of hydrogen-bond donors (Lipinski definition) is 0. The SMILES string of the molecule is BrCc1ccc2ccccc2c1.CC.CCC(C)Br.